The zero-order chi connectivity index (χ0) is 20.4. The van der Waals surface area contributed by atoms with Gasteiger partial charge in [-0.25, -0.2) is 9.97 Å². The summed E-state index contributed by atoms with van der Waals surface area (Å²) in [4.78, 5) is 28.4. The highest BCUT2D eigenvalue weighted by molar-refractivity contribution is 7.20. The van der Waals surface area contributed by atoms with Crippen LogP contribution in [0.4, 0.5) is 11.5 Å². The Morgan fingerprint density at radius 2 is 1.83 bits per heavy atom. The van der Waals surface area contributed by atoms with Crippen LogP contribution >= 0.6 is 11.3 Å². The van der Waals surface area contributed by atoms with Gasteiger partial charge in [0.1, 0.15) is 17.0 Å². The molecule has 0 spiro atoms. The number of thiophene rings is 1. The summed E-state index contributed by atoms with van der Waals surface area (Å²) in [5.74, 6) is 0.863. The Morgan fingerprint density at radius 3 is 2.52 bits per heavy atom. The van der Waals surface area contributed by atoms with Gasteiger partial charge in [-0.2, -0.15) is 0 Å². The Bertz CT molecular complexity index is 1010. The molecule has 0 atom stereocenters. The number of nitrogens with zero attached hydrogens (tertiary/aromatic N) is 4. The molecule has 1 aliphatic heterocycles. The predicted octanol–water partition coefficient (Wildman–Crippen LogP) is 4.09. The zero-order valence-electron chi connectivity index (χ0n) is 17.2. The van der Waals surface area contributed by atoms with E-state index in [-0.39, 0.29) is 5.91 Å². The molecule has 7 heteroatoms. The average Bonchev–Trinajstić information content (AvgIpc) is 3.08. The molecule has 3 heterocycles. The maximum absolute atomic E-state index is 12.9. The first-order valence-corrected chi connectivity index (χ1v) is 11.0. The van der Waals surface area contributed by atoms with Crippen LogP contribution in [0.15, 0.2) is 30.6 Å². The molecule has 29 heavy (non-hydrogen) atoms. The lowest BCUT2D eigenvalue weighted by Crippen LogP contribution is -2.46. The van der Waals surface area contributed by atoms with Gasteiger partial charge in [-0.05, 0) is 44.5 Å². The van der Waals surface area contributed by atoms with Crippen molar-refractivity contribution < 1.29 is 4.79 Å². The number of hydrogen-bond acceptors (Lipinski definition) is 6. The summed E-state index contributed by atoms with van der Waals surface area (Å²) >= 11 is 1.44. The van der Waals surface area contributed by atoms with E-state index in [0.29, 0.717) is 4.88 Å². The monoisotopic (exact) mass is 409 g/mol. The van der Waals surface area contributed by atoms with Crippen molar-refractivity contribution in [3.8, 4) is 0 Å². The number of aryl methyl sites for hydroxylation is 2. The molecule has 1 aliphatic rings. The molecule has 3 aromatic rings. The molecule has 1 amide bonds. The smallest absolute Gasteiger partial charge is 0.266 e. The number of hydrogen-bond donors (Lipinski definition) is 1. The molecule has 1 fully saturated rings. The number of amides is 1. The summed E-state index contributed by atoms with van der Waals surface area (Å²) in [6.45, 7) is 11.4. The average molecular weight is 410 g/mol. The molecule has 2 aromatic heterocycles. The Labute approximate surface area is 175 Å². The first-order valence-electron chi connectivity index (χ1n) is 10.2. The first-order chi connectivity index (χ1) is 14.1. The molecule has 0 bridgehead atoms. The number of carbonyl (C=O) groups is 1. The molecule has 6 nitrogen and oxygen atoms in total. The second-order valence-corrected chi connectivity index (χ2v) is 8.58. The van der Waals surface area contributed by atoms with Crippen molar-refractivity contribution in [2.45, 2.75) is 27.2 Å². The molecule has 1 aromatic carbocycles. The number of rotatable bonds is 5. The highest BCUT2D eigenvalue weighted by atomic mass is 32.1. The van der Waals surface area contributed by atoms with Crippen LogP contribution in [-0.2, 0) is 0 Å². The van der Waals surface area contributed by atoms with Crippen LogP contribution in [-0.4, -0.2) is 53.5 Å². The standard InChI is InChI=1S/C22H27N5OS/c1-4-9-26-10-12-27(13-11-26)20-18-16(3)19(29-22(18)24-14-23-20)21(28)25-17-7-5-15(2)6-8-17/h5-8,14H,4,9-13H2,1-3H3,(H,25,28). The van der Waals surface area contributed by atoms with Gasteiger partial charge in [-0.3, -0.25) is 9.69 Å². The molecule has 0 radical (unpaired) electrons. The van der Waals surface area contributed by atoms with E-state index in [1.807, 2.05) is 38.1 Å². The van der Waals surface area contributed by atoms with E-state index in [4.69, 9.17) is 0 Å². The summed E-state index contributed by atoms with van der Waals surface area (Å²) in [5.41, 5.74) is 2.93. The minimum atomic E-state index is -0.0898. The third kappa shape index (κ3) is 4.11. The number of benzene rings is 1. The number of nitrogens with one attached hydrogen (secondary N) is 1. The number of anilines is 2. The molecule has 4 rings (SSSR count). The van der Waals surface area contributed by atoms with Crippen molar-refractivity contribution in [1.29, 1.82) is 0 Å². The van der Waals surface area contributed by atoms with Crippen molar-refractivity contribution in [3.05, 3.63) is 46.6 Å². The van der Waals surface area contributed by atoms with E-state index in [0.717, 1.165) is 60.0 Å². The summed E-state index contributed by atoms with van der Waals surface area (Å²) in [5, 5.41) is 4.02. The largest absolute Gasteiger partial charge is 0.353 e. The highest BCUT2D eigenvalue weighted by Gasteiger charge is 2.24. The van der Waals surface area contributed by atoms with Crippen molar-refractivity contribution in [3.63, 3.8) is 0 Å². The van der Waals surface area contributed by atoms with Gasteiger partial charge in [0.05, 0.1) is 10.3 Å². The number of carbonyl (C=O) groups excluding carboxylic acids is 1. The molecule has 0 saturated carbocycles. The van der Waals surface area contributed by atoms with E-state index in [1.165, 1.54) is 23.3 Å². The maximum Gasteiger partial charge on any atom is 0.266 e. The van der Waals surface area contributed by atoms with Crippen LogP contribution < -0.4 is 10.2 Å². The van der Waals surface area contributed by atoms with Crippen LogP contribution in [0, 0.1) is 13.8 Å². The van der Waals surface area contributed by atoms with Crippen molar-refractivity contribution >= 4 is 39.0 Å². The Balaban J connectivity index is 1.60. The van der Waals surface area contributed by atoms with Crippen molar-refractivity contribution in [2.24, 2.45) is 0 Å². The van der Waals surface area contributed by atoms with Gasteiger partial charge in [0.15, 0.2) is 0 Å². The van der Waals surface area contributed by atoms with E-state index in [1.54, 1.807) is 6.33 Å². The van der Waals surface area contributed by atoms with Gasteiger partial charge in [0, 0.05) is 31.9 Å². The molecular formula is C22H27N5OS. The van der Waals surface area contributed by atoms with Crippen molar-refractivity contribution in [2.75, 3.05) is 42.9 Å². The van der Waals surface area contributed by atoms with Gasteiger partial charge >= 0.3 is 0 Å². The number of piperazine rings is 1. The molecule has 1 saturated heterocycles. The third-order valence-corrected chi connectivity index (χ3v) is 6.63. The van der Waals surface area contributed by atoms with Crippen LogP contribution in [0.5, 0.6) is 0 Å². The fraction of sp³-hybridized carbons (Fsp3) is 0.409. The Kier molecular flexibility index (Phi) is 5.78. The van der Waals surface area contributed by atoms with Crippen LogP contribution in [0.1, 0.15) is 34.1 Å². The highest BCUT2D eigenvalue weighted by Crippen LogP contribution is 2.35. The second kappa shape index (κ2) is 8.47. The van der Waals surface area contributed by atoms with Gasteiger partial charge in [0.2, 0.25) is 0 Å². The fourth-order valence-corrected chi connectivity index (χ4v) is 4.87. The molecule has 0 unspecified atom stereocenters. The summed E-state index contributed by atoms with van der Waals surface area (Å²) in [6, 6.07) is 7.85. The minimum Gasteiger partial charge on any atom is -0.353 e. The normalized spacial score (nSPS) is 15.1. The summed E-state index contributed by atoms with van der Waals surface area (Å²) in [7, 11) is 0. The fourth-order valence-electron chi connectivity index (χ4n) is 3.83. The second-order valence-electron chi connectivity index (χ2n) is 7.58. The van der Waals surface area contributed by atoms with Gasteiger partial charge < -0.3 is 10.2 Å². The zero-order valence-corrected chi connectivity index (χ0v) is 18.1. The topological polar surface area (TPSA) is 61.4 Å². The SMILES string of the molecule is CCCN1CCN(c2ncnc3sc(C(=O)Nc4ccc(C)cc4)c(C)c23)CC1. The Morgan fingerprint density at radius 1 is 1.10 bits per heavy atom. The summed E-state index contributed by atoms with van der Waals surface area (Å²) in [6.07, 6.45) is 2.80. The summed E-state index contributed by atoms with van der Waals surface area (Å²) < 4.78 is 0. The molecular weight excluding hydrogens is 382 g/mol. The molecule has 1 N–H and O–H groups in total. The molecule has 0 aliphatic carbocycles. The van der Waals surface area contributed by atoms with Crippen LogP contribution in [0.25, 0.3) is 10.2 Å². The van der Waals surface area contributed by atoms with E-state index < -0.39 is 0 Å². The number of aromatic nitrogens is 2. The number of fused-ring (bicyclic) bond motifs is 1. The van der Waals surface area contributed by atoms with Gasteiger partial charge in [0.25, 0.3) is 5.91 Å². The predicted molar refractivity (Wildman–Crippen MR) is 120 cm³/mol. The van der Waals surface area contributed by atoms with Crippen LogP contribution in [0.3, 0.4) is 0 Å². The van der Waals surface area contributed by atoms with E-state index in [9.17, 15) is 4.79 Å². The maximum atomic E-state index is 12.9. The van der Waals surface area contributed by atoms with Crippen molar-refractivity contribution in [1.82, 2.24) is 14.9 Å². The lowest BCUT2D eigenvalue weighted by Gasteiger charge is -2.35. The minimum absolute atomic E-state index is 0.0898. The quantitative estimate of drug-likeness (QED) is 0.688. The van der Waals surface area contributed by atoms with E-state index >= 15 is 0 Å². The van der Waals surface area contributed by atoms with Gasteiger partial charge in [-0.15, -0.1) is 11.3 Å². The lowest BCUT2D eigenvalue weighted by atomic mass is 10.1. The first kappa shape index (κ1) is 19.8. The van der Waals surface area contributed by atoms with Crippen LogP contribution in [0.2, 0.25) is 0 Å². The Hall–Kier alpha value is -2.51. The van der Waals surface area contributed by atoms with E-state index in [2.05, 4.69) is 32.0 Å². The molecule has 152 valence electrons. The van der Waals surface area contributed by atoms with Gasteiger partial charge in [-0.1, -0.05) is 24.6 Å². The third-order valence-electron chi connectivity index (χ3n) is 5.43. The lowest BCUT2D eigenvalue weighted by molar-refractivity contribution is 0.103.